The summed E-state index contributed by atoms with van der Waals surface area (Å²) in [6.45, 7) is 1.74. The molecule has 2 heterocycles. The number of amides is 1. The number of carbonyl (C=O) groups is 1. The van der Waals surface area contributed by atoms with E-state index in [1.165, 1.54) is 15.9 Å². The third-order valence-electron chi connectivity index (χ3n) is 3.48. The molecule has 0 aliphatic carbocycles. The molecule has 3 rings (SSSR count). The topological polar surface area (TPSA) is 77.1 Å². The van der Waals surface area contributed by atoms with Crippen molar-refractivity contribution in [3.63, 3.8) is 0 Å². The zero-order valence-electron chi connectivity index (χ0n) is 12.7. The minimum Gasteiger partial charge on any atom is -0.348 e. The molecule has 3 aromatic rings. The summed E-state index contributed by atoms with van der Waals surface area (Å²) in [6.07, 6.45) is 0. The van der Waals surface area contributed by atoms with Crippen molar-refractivity contribution in [2.24, 2.45) is 0 Å². The average Bonchev–Trinajstić information content (AvgIpc) is 3.19. The van der Waals surface area contributed by atoms with E-state index in [0.717, 1.165) is 14.9 Å². The Morgan fingerprint density at radius 3 is 2.79 bits per heavy atom. The first-order valence-electron chi connectivity index (χ1n) is 7.20. The van der Waals surface area contributed by atoms with E-state index in [2.05, 4.69) is 26.4 Å². The molecular formula is C16H14BrN3O3S. The van der Waals surface area contributed by atoms with Gasteiger partial charge in [-0.05, 0) is 36.1 Å². The van der Waals surface area contributed by atoms with Crippen LogP contribution in [0.2, 0.25) is 0 Å². The Hall–Kier alpha value is -2.19. The third-order valence-corrected chi connectivity index (χ3v) is 4.87. The van der Waals surface area contributed by atoms with Gasteiger partial charge in [-0.15, -0.1) is 11.3 Å². The summed E-state index contributed by atoms with van der Waals surface area (Å²) >= 11 is 4.80. The molecule has 0 fully saturated rings. The number of aromatic nitrogens is 2. The molecule has 24 heavy (non-hydrogen) atoms. The van der Waals surface area contributed by atoms with Gasteiger partial charge in [-0.1, -0.05) is 39.3 Å². The van der Waals surface area contributed by atoms with Crippen molar-refractivity contribution in [2.45, 2.75) is 19.5 Å². The lowest BCUT2D eigenvalue weighted by Gasteiger charge is -2.14. The van der Waals surface area contributed by atoms with Gasteiger partial charge >= 0.3 is 5.76 Å². The van der Waals surface area contributed by atoms with E-state index >= 15 is 0 Å². The van der Waals surface area contributed by atoms with Crippen molar-refractivity contribution in [2.75, 3.05) is 0 Å². The van der Waals surface area contributed by atoms with Crippen LogP contribution in [0.5, 0.6) is 0 Å². The summed E-state index contributed by atoms with van der Waals surface area (Å²) in [5.74, 6) is -0.570. The van der Waals surface area contributed by atoms with Gasteiger partial charge in [0.25, 0.3) is 0 Å². The second-order valence-electron chi connectivity index (χ2n) is 5.18. The van der Waals surface area contributed by atoms with E-state index < -0.39 is 5.76 Å². The van der Waals surface area contributed by atoms with Gasteiger partial charge in [-0.25, -0.2) is 9.36 Å². The summed E-state index contributed by atoms with van der Waals surface area (Å²) in [7, 11) is 0. The molecule has 1 atom stereocenters. The molecule has 1 amide bonds. The van der Waals surface area contributed by atoms with Crippen molar-refractivity contribution >= 4 is 33.2 Å². The number of halogens is 1. The van der Waals surface area contributed by atoms with Gasteiger partial charge in [-0.2, -0.15) is 0 Å². The lowest BCUT2D eigenvalue weighted by atomic mass is 10.1. The van der Waals surface area contributed by atoms with Crippen molar-refractivity contribution in [3.8, 4) is 10.7 Å². The molecule has 1 unspecified atom stereocenters. The van der Waals surface area contributed by atoms with E-state index in [0.29, 0.717) is 5.82 Å². The molecule has 2 aromatic heterocycles. The lowest BCUT2D eigenvalue weighted by Crippen LogP contribution is -2.32. The SMILES string of the molecule is CC(NC(=O)Cn1c(-c2cccs2)noc1=O)c1ccc(Br)cc1. The molecule has 0 saturated carbocycles. The van der Waals surface area contributed by atoms with Gasteiger partial charge < -0.3 is 5.32 Å². The lowest BCUT2D eigenvalue weighted by molar-refractivity contribution is -0.122. The number of thiophene rings is 1. The van der Waals surface area contributed by atoms with Crippen LogP contribution in [0, 0.1) is 0 Å². The monoisotopic (exact) mass is 407 g/mol. The minimum absolute atomic E-state index is 0.142. The second-order valence-corrected chi connectivity index (χ2v) is 7.04. The maximum absolute atomic E-state index is 12.3. The highest BCUT2D eigenvalue weighted by atomic mass is 79.9. The quantitative estimate of drug-likeness (QED) is 0.704. The first-order chi connectivity index (χ1) is 11.5. The van der Waals surface area contributed by atoms with Gasteiger partial charge in [0.15, 0.2) is 5.82 Å². The van der Waals surface area contributed by atoms with E-state index in [1.54, 1.807) is 0 Å². The fraction of sp³-hybridized carbons (Fsp3) is 0.188. The van der Waals surface area contributed by atoms with Crippen LogP contribution in [-0.2, 0) is 11.3 Å². The zero-order valence-corrected chi connectivity index (χ0v) is 15.1. The molecule has 0 radical (unpaired) electrons. The summed E-state index contributed by atoms with van der Waals surface area (Å²) in [5.41, 5.74) is 0.975. The summed E-state index contributed by atoms with van der Waals surface area (Å²) in [5, 5.41) is 8.50. The highest BCUT2D eigenvalue weighted by molar-refractivity contribution is 9.10. The van der Waals surface area contributed by atoms with Gasteiger partial charge in [0, 0.05) is 4.47 Å². The number of rotatable bonds is 5. The molecule has 1 N–H and O–H groups in total. The maximum Gasteiger partial charge on any atom is 0.442 e. The molecule has 1 aromatic carbocycles. The number of benzene rings is 1. The van der Waals surface area contributed by atoms with Crippen LogP contribution in [0.25, 0.3) is 10.7 Å². The van der Waals surface area contributed by atoms with Gasteiger partial charge in [-0.3, -0.25) is 9.32 Å². The van der Waals surface area contributed by atoms with Crippen LogP contribution < -0.4 is 11.1 Å². The number of nitrogens with one attached hydrogen (secondary N) is 1. The van der Waals surface area contributed by atoms with Crippen LogP contribution in [0.1, 0.15) is 18.5 Å². The van der Waals surface area contributed by atoms with Crippen LogP contribution in [-0.4, -0.2) is 15.6 Å². The van der Waals surface area contributed by atoms with Gasteiger partial charge in [0.05, 0.1) is 10.9 Å². The highest BCUT2D eigenvalue weighted by Gasteiger charge is 2.17. The van der Waals surface area contributed by atoms with E-state index in [-0.39, 0.29) is 18.5 Å². The normalized spacial score (nSPS) is 12.1. The molecular weight excluding hydrogens is 394 g/mol. The van der Waals surface area contributed by atoms with Gasteiger partial charge in [0.2, 0.25) is 5.91 Å². The molecule has 0 bridgehead atoms. The fourth-order valence-electron chi connectivity index (χ4n) is 2.26. The Morgan fingerprint density at radius 2 is 2.12 bits per heavy atom. The number of hydrogen-bond donors (Lipinski definition) is 1. The predicted octanol–water partition coefficient (Wildman–Crippen LogP) is 3.20. The number of carbonyl (C=O) groups excluding carboxylic acids is 1. The second kappa shape index (κ2) is 7.14. The Labute approximate surface area is 150 Å². The van der Waals surface area contributed by atoms with Crippen molar-refractivity contribution in [3.05, 3.63) is 62.4 Å². The third kappa shape index (κ3) is 3.65. The first kappa shape index (κ1) is 16.7. The maximum atomic E-state index is 12.3. The van der Waals surface area contributed by atoms with Crippen molar-refractivity contribution in [1.29, 1.82) is 0 Å². The zero-order chi connectivity index (χ0) is 17.1. The summed E-state index contributed by atoms with van der Waals surface area (Å²) in [6, 6.07) is 11.2. The van der Waals surface area contributed by atoms with E-state index in [9.17, 15) is 9.59 Å². The predicted molar refractivity (Wildman–Crippen MR) is 94.8 cm³/mol. The Kier molecular flexibility index (Phi) is 4.96. The molecule has 124 valence electrons. The average molecular weight is 408 g/mol. The van der Waals surface area contributed by atoms with Gasteiger partial charge in [0.1, 0.15) is 6.54 Å². The number of hydrogen-bond acceptors (Lipinski definition) is 5. The molecule has 6 nitrogen and oxygen atoms in total. The molecule has 0 aliphatic rings. The number of nitrogens with zero attached hydrogens (tertiary/aromatic N) is 2. The largest absolute Gasteiger partial charge is 0.442 e. The smallest absolute Gasteiger partial charge is 0.348 e. The van der Waals surface area contributed by atoms with E-state index in [4.69, 9.17) is 4.52 Å². The van der Waals surface area contributed by atoms with Crippen LogP contribution >= 0.6 is 27.3 Å². The molecule has 8 heteroatoms. The standard InChI is InChI=1S/C16H14BrN3O3S/c1-10(11-4-6-12(17)7-5-11)18-14(21)9-20-15(19-23-16(20)22)13-3-2-8-24-13/h2-8,10H,9H2,1H3,(H,18,21). The first-order valence-corrected chi connectivity index (χ1v) is 8.87. The van der Waals surface area contributed by atoms with E-state index in [1.807, 2.05) is 48.7 Å². The van der Waals surface area contributed by atoms with Crippen molar-refractivity contribution in [1.82, 2.24) is 15.0 Å². The Morgan fingerprint density at radius 1 is 1.38 bits per heavy atom. The Bertz CT molecular complexity index is 884. The summed E-state index contributed by atoms with van der Waals surface area (Å²) in [4.78, 5) is 24.9. The molecule has 0 spiro atoms. The fourth-order valence-corrected chi connectivity index (χ4v) is 3.23. The van der Waals surface area contributed by atoms with Crippen molar-refractivity contribution < 1.29 is 9.32 Å². The minimum atomic E-state index is -0.648. The van der Waals surface area contributed by atoms with Crippen LogP contribution in [0.15, 0.2) is 55.6 Å². The highest BCUT2D eigenvalue weighted by Crippen LogP contribution is 2.21. The van der Waals surface area contributed by atoms with Crippen LogP contribution in [0.3, 0.4) is 0 Å². The summed E-state index contributed by atoms with van der Waals surface area (Å²) < 4.78 is 6.91. The molecule has 0 aliphatic heterocycles. The molecule has 0 saturated heterocycles. The van der Waals surface area contributed by atoms with Crippen LogP contribution in [0.4, 0.5) is 0 Å². The Balaban J connectivity index is 1.73.